The van der Waals surface area contributed by atoms with E-state index >= 15 is 0 Å². The second-order valence-electron chi connectivity index (χ2n) is 7.29. The van der Waals surface area contributed by atoms with Crippen molar-refractivity contribution in [2.45, 2.75) is 53.9 Å². The van der Waals surface area contributed by atoms with Gasteiger partial charge in [-0.25, -0.2) is 0 Å². The number of hydrogen-bond acceptors (Lipinski definition) is 2. The van der Waals surface area contributed by atoms with Crippen molar-refractivity contribution in [3.8, 4) is 5.75 Å². The van der Waals surface area contributed by atoms with Crippen LogP contribution in [0.4, 0.5) is 5.69 Å². The van der Waals surface area contributed by atoms with Gasteiger partial charge in [0.25, 0.3) is 0 Å². The first-order valence-corrected chi connectivity index (χ1v) is 8.94. The number of allylic oxidation sites excluding steroid dienone is 2. The summed E-state index contributed by atoms with van der Waals surface area (Å²) < 4.78 is 5.27. The molecule has 2 heteroatoms. The van der Waals surface area contributed by atoms with Crippen LogP contribution in [0.15, 0.2) is 35.9 Å². The lowest BCUT2D eigenvalue weighted by atomic mass is 10.00. The molecule has 130 valence electrons. The zero-order chi connectivity index (χ0) is 17.2. The molecule has 1 aromatic carbocycles. The lowest BCUT2D eigenvalue weighted by molar-refractivity contribution is 0.414. The summed E-state index contributed by atoms with van der Waals surface area (Å²) in [6.07, 6.45) is 6.08. The molecule has 0 spiro atoms. The summed E-state index contributed by atoms with van der Waals surface area (Å²) in [5.74, 6) is 2.35. The molecule has 0 N–H and O–H groups in total. The molecule has 0 radical (unpaired) electrons. The maximum atomic E-state index is 5.27. The van der Waals surface area contributed by atoms with Crippen molar-refractivity contribution < 1.29 is 4.74 Å². The SMILES string of the molecule is COc1ccc(N(CCC(C)CCC=C(C)C)CC(C)C)cc1. The Labute approximate surface area is 143 Å². The molecule has 0 aliphatic rings. The normalized spacial score (nSPS) is 12.1. The standard InChI is InChI=1S/C21H35NO/c1-17(2)8-7-9-19(5)14-15-22(16-18(3)4)20-10-12-21(23-6)13-11-20/h8,10-13,18-19H,7,9,14-16H2,1-6H3. The molecule has 0 heterocycles. The van der Waals surface area contributed by atoms with Crippen molar-refractivity contribution in [3.05, 3.63) is 35.9 Å². The first kappa shape index (κ1) is 19.6. The van der Waals surface area contributed by atoms with Gasteiger partial charge in [0.15, 0.2) is 0 Å². The van der Waals surface area contributed by atoms with E-state index in [9.17, 15) is 0 Å². The Kier molecular flexibility index (Phi) is 8.83. The molecule has 1 unspecified atom stereocenters. The number of rotatable bonds is 10. The van der Waals surface area contributed by atoms with Gasteiger partial charge >= 0.3 is 0 Å². The van der Waals surface area contributed by atoms with Gasteiger partial charge < -0.3 is 9.64 Å². The Hall–Kier alpha value is -1.44. The van der Waals surface area contributed by atoms with Crippen LogP contribution in [-0.4, -0.2) is 20.2 Å². The van der Waals surface area contributed by atoms with Crippen molar-refractivity contribution in [2.24, 2.45) is 11.8 Å². The van der Waals surface area contributed by atoms with Gasteiger partial charge in [0.05, 0.1) is 7.11 Å². The fraction of sp³-hybridized carbons (Fsp3) is 0.619. The van der Waals surface area contributed by atoms with E-state index in [1.54, 1.807) is 7.11 Å². The monoisotopic (exact) mass is 317 g/mol. The molecule has 1 rings (SSSR count). The third-order valence-electron chi connectivity index (χ3n) is 4.13. The minimum Gasteiger partial charge on any atom is -0.497 e. The van der Waals surface area contributed by atoms with E-state index in [1.807, 2.05) is 0 Å². The summed E-state index contributed by atoms with van der Waals surface area (Å²) in [4.78, 5) is 2.52. The number of ether oxygens (including phenoxy) is 1. The fourth-order valence-electron chi connectivity index (χ4n) is 2.74. The highest BCUT2D eigenvalue weighted by Crippen LogP contribution is 2.22. The average Bonchev–Trinajstić information content (AvgIpc) is 2.51. The lowest BCUT2D eigenvalue weighted by Crippen LogP contribution is -2.29. The number of nitrogens with zero attached hydrogens (tertiary/aromatic N) is 1. The van der Waals surface area contributed by atoms with Crippen LogP contribution in [0, 0.1) is 11.8 Å². The van der Waals surface area contributed by atoms with Crippen LogP contribution in [0.5, 0.6) is 5.75 Å². The number of methoxy groups -OCH3 is 1. The van der Waals surface area contributed by atoms with Crippen LogP contribution >= 0.6 is 0 Å². The van der Waals surface area contributed by atoms with Crippen LogP contribution in [0.25, 0.3) is 0 Å². The van der Waals surface area contributed by atoms with Crippen LogP contribution < -0.4 is 9.64 Å². The Balaban J connectivity index is 2.58. The van der Waals surface area contributed by atoms with Crippen molar-refractivity contribution in [3.63, 3.8) is 0 Å². The van der Waals surface area contributed by atoms with E-state index in [2.05, 4.69) is 69.9 Å². The Morgan fingerprint density at radius 3 is 2.26 bits per heavy atom. The molecule has 0 saturated carbocycles. The quantitative estimate of drug-likeness (QED) is 0.496. The number of hydrogen-bond donors (Lipinski definition) is 0. The molecule has 23 heavy (non-hydrogen) atoms. The summed E-state index contributed by atoms with van der Waals surface area (Å²) in [5.41, 5.74) is 2.73. The maximum Gasteiger partial charge on any atom is 0.119 e. The Morgan fingerprint density at radius 2 is 1.74 bits per heavy atom. The summed E-state index contributed by atoms with van der Waals surface area (Å²) in [6, 6.07) is 8.46. The summed E-state index contributed by atoms with van der Waals surface area (Å²) >= 11 is 0. The summed E-state index contributed by atoms with van der Waals surface area (Å²) in [5, 5.41) is 0. The number of anilines is 1. The second kappa shape index (κ2) is 10.4. The minimum absolute atomic E-state index is 0.665. The van der Waals surface area contributed by atoms with Crippen molar-refractivity contribution in [1.29, 1.82) is 0 Å². The first-order valence-electron chi connectivity index (χ1n) is 8.94. The third-order valence-corrected chi connectivity index (χ3v) is 4.13. The maximum absolute atomic E-state index is 5.27. The van der Waals surface area contributed by atoms with Gasteiger partial charge in [-0.3, -0.25) is 0 Å². The molecular weight excluding hydrogens is 282 g/mol. The van der Waals surface area contributed by atoms with E-state index in [0.29, 0.717) is 5.92 Å². The van der Waals surface area contributed by atoms with Gasteiger partial charge in [0.2, 0.25) is 0 Å². The van der Waals surface area contributed by atoms with Crippen LogP contribution in [0.3, 0.4) is 0 Å². The highest BCUT2D eigenvalue weighted by Gasteiger charge is 2.11. The zero-order valence-electron chi connectivity index (χ0n) is 15.9. The van der Waals surface area contributed by atoms with E-state index in [0.717, 1.165) is 24.8 Å². The predicted octanol–water partition coefficient (Wildman–Crippen LogP) is 5.93. The second-order valence-corrected chi connectivity index (χ2v) is 7.29. The van der Waals surface area contributed by atoms with E-state index in [4.69, 9.17) is 4.74 Å². The van der Waals surface area contributed by atoms with Gasteiger partial charge in [-0.2, -0.15) is 0 Å². The van der Waals surface area contributed by atoms with E-state index in [-0.39, 0.29) is 0 Å². The molecule has 0 aliphatic heterocycles. The molecule has 1 aromatic rings. The van der Waals surface area contributed by atoms with Crippen molar-refractivity contribution in [1.82, 2.24) is 0 Å². The molecule has 0 aromatic heterocycles. The Morgan fingerprint density at radius 1 is 1.09 bits per heavy atom. The molecule has 2 nitrogen and oxygen atoms in total. The fourth-order valence-corrected chi connectivity index (χ4v) is 2.74. The third kappa shape index (κ3) is 8.11. The number of benzene rings is 1. The van der Waals surface area contributed by atoms with Crippen LogP contribution in [0.1, 0.15) is 53.9 Å². The van der Waals surface area contributed by atoms with E-state index < -0.39 is 0 Å². The molecule has 0 saturated heterocycles. The van der Waals surface area contributed by atoms with Crippen molar-refractivity contribution in [2.75, 3.05) is 25.1 Å². The topological polar surface area (TPSA) is 12.5 Å². The highest BCUT2D eigenvalue weighted by molar-refractivity contribution is 5.49. The summed E-state index contributed by atoms with van der Waals surface area (Å²) in [6.45, 7) is 13.5. The van der Waals surface area contributed by atoms with Crippen LogP contribution in [-0.2, 0) is 0 Å². The van der Waals surface area contributed by atoms with Crippen molar-refractivity contribution >= 4 is 5.69 Å². The molecule has 0 bridgehead atoms. The van der Waals surface area contributed by atoms with Crippen LogP contribution in [0.2, 0.25) is 0 Å². The van der Waals surface area contributed by atoms with Gasteiger partial charge in [-0.05, 0) is 69.2 Å². The highest BCUT2D eigenvalue weighted by atomic mass is 16.5. The van der Waals surface area contributed by atoms with Gasteiger partial charge in [0, 0.05) is 18.8 Å². The largest absolute Gasteiger partial charge is 0.497 e. The van der Waals surface area contributed by atoms with E-state index in [1.165, 1.54) is 30.5 Å². The first-order chi connectivity index (χ1) is 10.9. The Bertz CT molecular complexity index is 457. The molecule has 1 atom stereocenters. The van der Waals surface area contributed by atoms with Gasteiger partial charge in [-0.1, -0.05) is 32.4 Å². The molecule has 0 aliphatic carbocycles. The zero-order valence-corrected chi connectivity index (χ0v) is 15.9. The predicted molar refractivity (Wildman–Crippen MR) is 102 cm³/mol. The summed E-state index contributed by atoms with van der Waals surface area (Å²) in [7, 11) is 1.72. The lowest BCUT2D eigenvalue weighted by Gasteiger charge is -2.28. The minimum atomic E-state index is 0.665. The van der Waals surface area contributed by atoms with Gasteiger partial charge in [-0.15, -0.1) is 0 Å². The molecule has 0 amide bonds. The smallest absolute Gasteiger partial charge is 0.119 e. The van der Waals surface area contributed by atoms with Gasteiger partial charge in [0.1, 0.15) is 5.75 Å². The molecular formula is C21H35NO. The average molecular weight is 318 g/mol. The molecule has 0 fully saturated rings.